The molecule has 0 radical (unpaired) electrons. The van der Waals surface area contributed by atoms with Gasteiger partial charge in [-0.1, -0.05) is 19.4 Å². The van der Waals surface area contributed by atoms with Crippen LogP contribution in [0.5, 0.6) is 0 Å². The number of carbonyl (C=O) groups excluding carboxylic acids is 1. The minimum Gasteiger partial charge on any atom is -0.450 e. The van der Waals surface area contributed by atoms with Gasteiger partial charge in [-0.15, -0.1) is 0 Å². The number of rotatable bonds is 4. The van der Waals surface area contributed by atoms with Gasteiger partial charge < -0.3 is 14.9 Å². The van der Waals surface area contributed by atoms with Crippen LogP contribution in [0, 0.1) is 0 Å². The molecule has 0 atom stereocenters. The van der Waals surface area contributed by atoms with Crippen LogP contribution in [-0.4, -0.2) is 35.0 Å². The Bertz CT molecular complexity index is 241. The topological polar surface area (TPSA) is 66.8 Å². The molecule has 1 rings (SSSR count). The van der Waals surface area contributed by atoms with Crippen molar-refractivity contribution in [1.29, 1.82) is 0 Å². The lowest BCUT2D eigenvalue weighted by Gasteiger charge is -2.21. The van der Waals surface area contributed by atoms with Crippen molar-refractivity contribution < 1.29 is 19.7 Å². The molecule has 0 unspecified atom stereocenters. The van der Waals surface area contributed by atoms with E-state index in [-0.39, 0.29) is 13.2 Å². The third kappa shape index (κ3) is 2.13. The molecule has 1 aliphatic rings. The van der Waals surface area contributed by atoms with Crippen LogP contribution >= 0.6 is 0 Å². The highest BCUT2D eigenvalue weighted by molar-refractivity contribution is 5.91. The molecule has 0 aromatic rings. The molecule has 1 fully saturated rings. The lowest BCUT2D eigenvalue weighted by molar-refractivity contribution is -0.154. The second kappa shape index (κ2) is 4.57. The van der Waals surface area contributed by atoms with Gasteiger partial charge in [-0.05, 0) is 6.42 Å². The Morgan fingerprint density at radius 2 is 2.14 bits per heavy atom. The quantitative estimate of drug-likeness (QED) is 0.508. The largest absolute Gasteiger partial charge is 0.450 e. The van der Waals surface area contributed by atoms with Crippen LogP contribution in [0.1, 0.15) is 26.2 Å². The summed E-state index contributed by atoms with van der Waals surface area (Å²) in [5, 5.41) is 18.0. The van der Waals surface area contributed by atoms with Crippen molar-refractivity contribution in [3.63, 3.8) is 0 Å². The van der Waals surface area contributed by atoms with Gasteiger partial charge in [0.05, 0.1) is 13.2 Å². The number of unbranched alkanes of at least 4 members (excludes halogenated alkanes) is 1. The van der Waals surface area contributed by atoms with Crippen LogP contribution in [-0.2, 0) is 9.53 Å². The van der Waals surface area contributed by atoms with Crippen molar-refractivity contribution in [1.82, 2.24) is 0 Å². The molecule has 2 N–H and O–H groups in total. The fourth-order valence-corrected chi connectivity index (χ4v) is 1.42. The number of cyclic esters (lactones) is 1. The zero-order valence-electron chi connectivity index (χ0n) is 8.32. The number of hydrogen-bond acceptors (Lipinski definition) is 4. The predicted molar refractivity (Wildman–Crippen MR) is 50.6 cm³/mol. The average Bonchev–Trinajstić information content (AvgIpc) is 2.53. The van der Waals surface area contributed by atoms with E-state index in [2.05, 4.69) is 0 Å². The Morgan fingerprint density at radius 3 is 2.57 bits per heavy atom. The highest BCUT2D eigenvalue weighted by atomic mass is 16.6. The molecule has 0 aromatic carbocycles. The van der Waals surface area contributed by atoms with Gasteiger partial charge in [-0.25, -0.2) is 4.79 Å². The molecule has 0 bridgehead atoms. The van der Waals surface area contributed by atoms with E-state index in [1.165, 1.54) is 0 Å². The minimum absolute atomic E-state index is 0.304. The average molecular weight is 200 g/mol. The van der Waals surface area contributed by atoms with Gasteiger partial charge in [0.25, 0.3) is 0 Å². The normalized spacial score (nSPS) is 22.8. The number of ether oxygens (including phenoxy) is 1. The van der Waals surface area contributed by atoms with Crippen LogP contribution in [0.15, 0.2) is 11.6 Å². The molecule has 80 valence electrons. The van der Waals surface area contributed by atoms with Crippen molar-refractivity contribution >= 4 is 5.97 Å². The molecular formula is C10H16O4. The molecular weight excluding hydrogens is 184 g/mol. The maximum absolute atomic E-state index is 11.3. The zero-order chi connectivity index (χ0) is 10.6. The molecule has 1 heterocycles. The number of hydrogen-bond donors (Lipinski definition) is 2. The molecule has 0 aromatic heterocycles. The number of allylic oxidation sites excluding steroid dienone is 1. The van der Waals surface area contributed by atoms with Crippen LogP contribution in [0.2, 0.25) is 0 Å². The summed E-state index contributed by atoms with van der Waals surface area (Å²) in [4.78, 5) is 11.3. The van der Waals surface area contributed by atoms with Crippen LogP contribution in [0.3, 0.4) is 0 Å². The monoisotopic (exact) mass is 200 g/mol. The fraction of sp³-hybridized carbons (Fsp3) is 0.700. The van der Waals surface area contributed by atoms with Gasteiger partial charge in [-0.3, -0.25) is 0 Å². The Morgan fingerprint density at radius 1 is 1.50 bits per heavy atom. The maximum Gasteiger partial charge on any atom is 0.334 e. The highest BCUT2D eigenvalue weighted by Gasteiger charge is 2.42. The van der Waals surface area contributed by atoms with E-state index < -0.39 is 11.6 Å². The molecule has 1 aliphatic heterocycles. The van der Waals surface area contributed by atoms with Gasteiger partial charge >= 0.3 is 5.97 Å². The standard InChI is InChI=1S/C10H16O4/c1-2-3-4-8-5-10(6-11,7-12)14-9(8)13/h4,11-12H,2-3,5-7H2,1H3/b8-4-. The van der Waals surface area contributed by atoms with E-state index in [0.717, 1.165) is 12.8 Å². The first-order chi connectivity index (χ1) is 6.67. The molecule has 4 heteroatoms. The summed E-state index contributed by atoms with van der Waals surface area (Å²) in [7, 11) is 0. The Balaban J connectivity index is 2.72. The number of esters is 1. The smallest absolute Gasteiger partial charge is 0.334 e. The third-order valence-electron chi connectivity index (χ3n) is 2.34. The second-order valence-corrected chi connectivity index (χ2v) is 3.58. The summed E-state index contributed by atoms with van der Waals surface area (Å²) in [6.45, 7) is 1.35. The van der Waals surface area contributed by atoms with E-state index in [4.69, 9.17) is 14.9 Å². The molecule has 4 nitrogen and oxygen atoms in total. The molecule has 14 heavy (non-hydrogen) atoms. The van der Waals surface area contributed by atoms with E-state index in [0.29, 0.717) is 12.0 Å². The van der Waals surface area contributed by atoms with Crippen molar-refractivity contribution in [3.8, 4) is 0 Å². The highest BCUT2D eigenvalue weighted by Crippen LogP contribution is 2.30. The SMILES string of the molecule is CCC/C=C1/CC(CO)(CO)OC1=O. The zero-order valence-corrected chi connectivity index (χ0v) is 8.32. The Kier molecular flexibility index (Phi) is 3.66. The molecule has 0 amide bonds. The predicted octanol–water partition coefficient (Wildman–Crippen LogP) is 0.383. The minimum atomic E-state index is -1.09. The summed E-state index contributed by atoms with van der Waals surface area (Å²) in [6.07, 6.45) is 3.90. The summed E-state index contributed by atoms with van der Waals surface area (Å²) in [6, 6.07) is 0. The first kappa shape index (κ1) is 11.2. The van der Waals surface area contributed by atoms with Crippen molar-refractivity contribution in [3.05, 3.63) is 11.6 Å². The van der Waals surface area contributed by atoms with Crippen LogP contribution in [0.4, 0.5) is 0 Å². The maximum atomic E-state index is 11.3. The van der Waals surface area contributed by atoms with Crippen molar-refractivity contribution in [2.75, 3.05) is 13.2 Å². The van der Waals surface area contributed by atoms with Gasteiger partial charge in [0.2, 0.25) is 0 Å². The molecule has 0 aliphatic carbocycles. The van der Waals surface area contributed by atoms with Crippen LogP contribution < -0.4 is 0 Å². The lowest BCUT2D eigenvalue weighted by atomic mass is 9.99. The summed E-state index contributed by atoms with van der Waals surface area (Å²) < 4.78 is 4.95. The van der Waals surface area contributed by atoms with E-state index in [1.807, 2.05) is 13.0 Å². The van der Waals surface area contributed by atoms with Crippen molar-refractivity contribution in [2.45, 2.75) is 31.8 Å². The molecule has 0 saturated carbocycles. The summed E-state index contributed by atoms with van der Waals surface area (Å²) in [5.74, 6) is -0.415. The summed E-state index contributed by atoms with van der Waals surface area (Å²) in [5.41, 5.74) is -0.522. The van der Waals surface area contributed by atoms with E-state index >= 15 is 0 Å². The fourth-order valence-electron chi connectivity index (χ4n) is 1.42. The van der Waals surface area contributed by atoms with Gasteiger partial charge in [0, 0.05) is 12.0 Å². The van der Waals surface area contributed by atoms with Crippen molar-refractivity contribution in [2.24, 2.45) is 0 Å². The number of carbonyl (C=O) groups is 1. The second-order valence-electron chi connectivity index (χ2n) is 3.58. The third-order valence-corrected chi connectivity index (χ3v) is 2.34. The van der Waals surface area contributed by atoms with Gasteiger partial charge in [-0.2, -0.15) is 0 Å². The Labute approximate surface area is 83.2 Å². The molecule has 0 spiro atoms. The Hall–Kier alpha value is -0.870. The van der Waals surface area contributed by atoms with E-state index in [9.17, 15) is 4.79 Å². The summed E-state index contributed by atoms with van der Waals surface area (Å²) >= 11 is 0. The van der Waals surface area contributed by atoms with Gasteiger partial charge in [0.1, 0.15) is 0 Å². The first-order valence-electron chi connectivity index (χ1n) is 4.81. The molecule has 1 saturated heterocycles. The van der Waals surface area contributed by atoms with Crippen LogP contribution in [0.25, 0.3) is 0 Å². The van der Waals surface area contributed by atoms with Gasteiger partial charge in [0.15, 0.2) is 5.60 Å². The number of aliphatic hydroxyl groups excluding tert-OH is 2. The number of aliphatic hydroxyl groups is 2. The first-order valence-corrected chi connectivity index (χ1v) is 4.81. The van der Waals surface area contributed by atoms with E-state index in [1.54, 1.807) is 0 Å². The lowest BCUT2D eigenvalue weighted by Crippen LogP contribution is -2.37.